The fourth-order valence-corrected chi connectivity index (χ4v) is 2.56. The Bertz CT molecular complexity index is 478. The van der Waals surface area contributed by atoms with Gasteiger partial charge >= 0.3 is 0 Å². The maximum absolute atomic E-state index is 11.0. The molecule has 2 rings (SSSR count). The Morgan fingerprint density at radius 1 is 1.63 bits per heavy atom. The number of nitro groups is 1. The third-order valence-electron chi connectivity index (χ3n) is 3.90. The molecule has 1 aromatic rings. The molecule has 0 spiro atoms. The van der Waals surface area contributed by atoms with Gasteiger partial charge in [-0.25, -0.2) is 4.98 Å². The SMILES string of the molecule is CCC1CN(c2cc([N+](=O)[O-])c(C)cn2)CCC1N. The third kappa shape index (κ3) is 2.84. The topological polar surface area (TPSA) is 85.3 Å². The summed E-state index contributed by atoms with van der Waals surface area (Å²) in [6.45, 7) is 5.46. The molecule has 0 amide bonds. The van der Waals surface area contributed by atoms with Crippen LogP contribution in [0.1, 0.15) is 25.3 Å². The zero-order valence-electron chi connectivity index (χ0n) is 11.4. The summed E-state index contributed by atoms with van der Waals surface area (Å²) in [5.74, 6) is 1.11. The second kappa shape index (κ2) is 5.52. The van der Waals surface area contributed by atoms with Crippen LogP contribution in [-0.2, 0) is 0 Å². The van der Waals surface area contributed by atoms with Crippen molar-refractivity contribution in [3.63, 3.8) is 0 Å². The first kappa shape index (κ1) is 13.7. The largest absolute Gasteiger partial charge is 0.356 e. The predicted molar refractivity (Wildman–Crippen MR) is 74.2 cm³/mol. The van der Waals surface area contributed by atoms with Gasteiger partial charge in [-0.05, 0) is 19.3 Å². The van der Waals surface area contributed by atoms with E-state index in [-0.39, 0.29) is 16.7 Å². The van der Waals surface area contributed by atoms with Crippen LogP contribution in [0.5, 0.6) is 0 Å². The van der Waals surface area contributed by atoms with Crippen molar-refractivity contribution < 1.29 is 4.92 Å². The molecule has 0 saturated carbocycles. The van der Waals surface area contributed by atoms with Crippen molar-refractivity contribution in [2.45, 2.75) is 32.7 Å². The smallest absolute Gasteiger partial charge is 0.277 e. The second-order valence-corrected chi connectivity index (χ2v) is 5.15. The zero-order valence-corrected chi connectivity index (χ0v) is 11.4. The van der Waals surface area contributed by atoms with Gasteiger partial charge in [0, 0.05) is 30.9 Å². The zero-order chi connectivity index (χ0) is 14.0. The van der Waals surface area contributed by atoms with Gasteiger partial charge in [-0.1, -0.05) is 13.3 Å². The molecule has 0 radical (unpaired) electrons. The number of nitrogens with zero attached hydrogens (tertiary/aromatic N) is 3. The molecule has 0 aliphatic carbocycles. The van der Waals surface area contributed by atoms with Crippen molar-refractivity contribution >= 4 is 11.5 Å². The minimum atomic E-state index is -0.354. The Labute approximate surface area is 112 Å². The van der Waals surface area contributed by atoms with Crippen LogP contribution in [0.3, 0.4) is 0 Å². The highest BCUT2D eigenvalue weighted by Gasteiger charge is 2.27. The average Bonchev–Trinajstić information content (AvgIpc) is 2.39. The van der Waals surface area contributed by atoms with Gasteiger partial charge in [-0.15, -0.1) is 0 Å². The summed E-state index contributed by atoms with van der Waals surface area (Å²) >= 11 is 0. The number of nitrogens with two attached hydrogens (primary N) is 1. The number of anilines is 1. The van der Waals surface area contributed by atoms with Crippen LogP contribution in [0.15, 0.2) is 12.3 Å². The molecule has 0 bridgehead atoms. The lowest BCUT2D eigenvalue weighted by Crippen LogP contribution is -2.47. The fourth-order valence-electron chi connectivity index (χ4n) is 2.56. The Kier molecular flexibility index (Phi) is 3.99. The first-order valence-electron chi connectivity index (χ1n) is 6.64. The summed E-state index contributed by atoms with van der Waals surface area (Å²) in [6.07, 6.45) is 3.50. The van der Waals surface area contributed by atoms with Gasteiger partial charge in [0.2, 0.25) is 0 Å². The van der Waals surface area contributed by atoms with E-state index in [4.69, 9.17) is 5.73 Å². The van der Waals surface area contributed by atoms with Crippen LogP contribution in [0, 0.1) is 23.0 Å². The van der Waals surface area contributed by atoms with Gasteiger partial charge in [0.15, 0.2) is 0 Å². The Balaban J connectivity index is 2.22. The van der Waals surface area contributed by atoms with E-state index in [1.165, 1.54) is 0 Å². The van der Waals surface area contributed by atoms with Gasteiger partial charge in [-0.3, -0.25) is 10.1 Å². The lowest BCUT2D eigenvalue weighted by Gasteiger charge is -2.37. The highest BCUT2D eigenvalue weighted by atomic mass is 16.6. The standard InChI is InChI=1S/C13H20N4O2/c1-3-10-8-16(5-4-11(10)14)13-6-12(17(18)19)9(2)7-15-13/h6-7,10-11H,3-5,8,14H2,1-2H3. The molecule has 6 heteroatoms. The van der Waals surface area contributed by atoms with Gasteiger partial charge in [0.1, 0.15) is 5.82 Å². The predicted octanol–water partition coefficient (Wildman–Crippen LogP) is 1.86. The molecule has 1 saturated heterocycles. The first-order valence-corrected chi connectivity index (χ1v) is 6.64. The van der Waals surface area contributed by atoms with E-state index in [1.807, 2.05) is 0 Å². The molecule has 1 aliphatic rings. The summed E-state index contributed by atoms with van der Waals surface area (Å²) in [7, 11) is 0. The number of aryl methyl sites for hydroxylation is 1. The van der Waals surface area contributed by atoms with Crippen molar-refractivity contribution in [2.75, 3.05) is 18.0 Å². The van der Waals surface area contributed by atoms with Gasteiger partial charge in [0.05, 0.1) is 11.0 Å². The highest BCUT2D eigenvalue weighted by molar-refractivity contribution is 5.51. The van der Waals surface area contributed by atoms with Crippen LogP contribution >= 0.6 is 0 Å². The number of rotatable bonds is 3. The molecule has 104 valence electrons. The first-order chi connectivity index (χ1) is 9.02. The summed E-state index contributed by atoms with van der Waals surface area (Å²) in [4.78, 5) is 17.0. The molecule has 6 nitrogen and oxygen atoms in total. The quantitative estimate of drug-likeness (QED) is 0.665. The average molecular weight is 264 g/mol. The van der Waals surface area contributed by atoms with Crippen LogP contribution in [0.25, 0.3) is 0 Å². The number of hydrogen-bond donors (Lipinski definition) is 1. The lowest BCUT2D eigenvalue weighted by atomic mass is 9.91. The Morgan fingerprint density at radius 2 is 2.37 bits per heavy atom. The van der Waals surface area contributed by atoms with Crippen LogP contribution in [-0.4, -0.2) is 29.0 Å². The summed E-state index contributed by atoms with van der Waals surface area (Å²) in [6, 6.07) is 1.79. The number of hydrogen-bond acceptors (Lipinski definition) is 5. The van der Waals surface area contributed by atoms with E-state index in [0.29, 0.717) is 17.3 Å². The molecule has 1 aliphatic heterocycles. The molecule has 2 atom stereocenters. The van der Waals surface area contributed by atoms with E-state index in [1.54, 1.807) is 19.2 Å². The molecule has 1 fully saturated rings. The van der Waals surface area contributed by atoms with Crippen molar-refractivity contribution in [1.29, 1.82) is 0 Å². The van der Waals surface area contributed by atoms with E-state index < -0.39 is 0 Å². The van der Waals surface area contributed by atoms with Crippen LogP contribution in [0.4, 0.5) is 11.5 Å². The lowest BCUT2D eigenvalue weighted by molar-refractivity contribution is -0.385. The van der Waals surface area contributed by atoms with E-state index >= 15 is 0 Å². The monoisotopic (exact) mass is 264 g/mol. The normalized spacial score (nSPS) is 23.4. The third-order valence-corrected chi connectivity index (χ3v) is 3.90. The van der Waals surface area contributed by atoms with E-state index in [9.17, 15) is 10.1 Å². The van der Waals surface area contributed by atoms with Crippen molar-refractivity contribution in [2.24, 2.45) is 11.7 Å². The fraction of sp³-hybridized carbons (Fsp3) is 0.615. The van der Waals surface area contributed by atoms with E-state index in [2.05, 4.69) is 16.8 Å². The molecule has 2 heterocycles. The molecule has 19 heavy (non-hydrogen) atoms. The van der Waals surface area contributed by atoms with Crippen LogP contribution < -0.4 is 10.6 Å². The van der Waals surface area contributed by atoms with Crippen LogP contribution in [0.2, 0.25) is 0 Å². The Hall–Kier alpha value is -1.69. The second-order valence-electron chi connectivity index (χ2n) is 5.15. The maximum Gasteiger partial charge on any atom is 0.277 e. The number of pyridine rings is 1. The highest BCUT2D eigenvalue weighted by Crippen LogP contribution is 2.27. The Morgan fingerprint density at radius 3 is 3.00 bits per heavy atom. The summed E-state index contributed by atoms with van der Waals surface area (Å²) in [5.41, 5.74) is 6.80. The molecular weight excluding hydrogens is 244 g/mol. The maximum atomic E-state index is 11.0. The number of aromatic nitrogens is 1. The summed E-state index contributed by atoms with van der Waals surface area (Å²) < 4.78 is 0. The van der Waals surface area contributed by atoms with Crippen molar-refractivity contribution in [1.82, 2.24) is 4.98 Å². The van der Waals surface area contributed by atoms with Crippen molar-refractivity contribution in [3.05, 3.63) is 27.9 Å². The van der Waals surface area contributed by atoms with Gasteiger partial charge in [0.25, 0.3) is 5.69 Å². The number of piperidine rings is 1. The molecule has 2 N–H and O–H groups in total. The van der Waals surface area contributed by atoms with E-state index in [0.717, 1.165) is 25.9 Å². The van der Waals surface area contributed by atoms with Gasteiger partial charge in [-0.2, -0.15) is 0 Å². The molecule has 0 aromatic carbocycles. The minimum Gasteiger partial charge on any atom is -0.356 e. The minimum absolute atomic E-state index is 0.132. The van der Waals surface area contributed by atoms with Crippen molar-refractivity contribution in [3.8, 4) is 0 Å². The summed E-state index contributed by atoms with van der Waals surface area (Å²) in [5, 5.41) is 11.0. The molecule has 1 aromatic heterocycles. The van der Waals surface area contributed by atoms with Gasteiger partial charge < -0.3 is 10.6 Å². The molecular formula is C13H20N4O2. The molecule has 2 unspecified atom stereocenters.